The second kappa shape index (κ2) is 11.1. The van der Waals surface area contributed by atoms with Gasteiger partial charge in [0, 0.05) is 19.6 Å². The van der Waals surface area contributed by atoms with Gasteiger partial charge in [-0.05, 0) is 24.1 Å². The van der Waals surface area contributed by atoms with Gasteiger partial charge in [0.1, 0.15) is 5.75 Å². The summed E-state index contributed by atoms with van der Waals surface area (Å²) in [5.74, 6) is 0.0638. The summed E-state index contributed by atoms with van der Waals surface area (Å²) in [5.41, 5.74) is 1.21. The van der Waals surface area contributed by atoms with Crippen LogP contribution in [0.1, 0.15) is 63.9 Å². The highest BCUT2D eigenvalue weighted by atomic mass is 16.5. The first-order valence-electron chi connectivity index (χ1n) is 9.86. The van der Waals surface area contributed by atoms with Gasteiger partial charge in [-0.2, -0.15) is 0 Å². The minimum Gasteiger partial charge on any atom is -0.494 e. The van der Waals surface area contributed by atoms with Crippen molar-refractivity contribution in [2.24, 2.45) is 5.92 Å². The number of aliphatic carboxylic acids is 1. The van der Waals surface area contributed by atoms with Crippen molar-refractivity contribution in [3.63, 3.8) is 0 Å². The Hall–Kier alpha value is -1.55. The molecule has 1 heterocycles. The van der Waals surface area contributed by atoms with E-state index in [2.05, 4.69) is 24.0 Å². The van der Waals surface area contributed by atoms with Crippen molar-refractivity contribution >= 4 is 5.97 Å². The van der Waals surface area contributed by atoms with Crippen LogP contribution >= 0.6 is 0 Å². The molecule has 0 saturated carbocycles. The lowest BCUT2D eigenvalue weighted by Gasteiger charge is -2.36. The molecule has 4 nitrogen and oxygen atoms in total. The largest absolute Gasteiger partial charge is 0.494 e. The third-order valence-corrected chi connectivity index (χ3v) is 4.90. The highest BCUT2D eigenvalue weighted by molar-refractivity contribution is 5.71. The summed E-state index contributed by atoms with van der Waals surface area (Å²) in [7, 11) is 0. The number of ether oxygens (including phenoxy) is 1. The summed E-state index contributed by atoms with van der Waals surface area (Å²) >= 11 is 0. The highest BCUT2D eigenvalue weighted by Crippen LogP contribution is 2.20. The molecule has 1 N–H and O–H groups in total. The molecule has 1 aliphatic heterocycles. The van der Waals surface area contributed by atoms with Crippen LogP contribution in [0.4, 0.5) is 0 Å². The van der Waals surface area contributed by atoms with Crippen LogP contribution in [-0.2, 0) is 11.3 Å². The fraction of sp³-hybridized carbons (Fsp3) is 0.667. The summed E-state index contributed by atoms with van der Waals surface area (Å²) in [6, 6.07) is 8.21. The molecular formula is C21H33NO3. The van der Waals surface area contributed by atoms with E-state index in [0.29, 0.717) is 13.1 Å². The Bertz CT molecular complexity index is 494. The number of likely N-dealkylation sites (tertiary alicyclic amines) is 1. The maximum Gasteiger partial charge on any atom is 0.309 e. The molecular weight excluding hydrogens is 314 g/mol. The van der Waals surface area contributed by atoms with Crippen LogP contribution in [0.2, 0.25) is 0 Å². The molecule has 4 heteroatoms. The zero-order chi connectivity index (χ0) is 17.9. The fourth-order valence-corrected chi connectivity index (χ4v) is 3.23. The summed E-state index contributed by atoms with van der Waals surface area (Å²) in [5, 5.41) is 8.90. The van der Waals surface area contributed by atoms with Crippen LogP contribution in [0.5, 0.6) is 5.75 Å². The minimum atomic E-state index is -0.680. The van der Waals surface area contributed by atoms with E-state index in [-0.39, 0.29) is 5.92 Å². The molecule has 140 valence electrons. The number of carboxylic acid groups (broad SMARTS) is 1. The highest BCUT2D eigenvalue weighted by Gasteiger charge is 2.31. The van der Waals surface area contributed by atoms with E-state index >= 15 is 0 Å². The molecule has 25 heavy (non-hydrogen) atoms. The van der Waals surface area contributed by atoms with E-state index in [1.807, 2.05) is 12.1 Å². The van der Waals surface area contributed by atoms with Crippen molar-refractivity contribution < 1.29 is 14.6 Å². The second-order valence-corrected chi connectivity index (χ2v) is 7.20. The standard InChI is InChI=1S/C21H33NO3/c1-2-3-4-5-6-7-8-9-14-25-20-12-10-18(11-13-20)15-22-16-19(17-22)21(23)24/h10-13,19H,2-9,14-17H2,1H3,(H,23,24). The first kappa shape index (κ1) is 19.8. The molecule has 0 bridgehead atoms. The van der Waals surface area contributed by atoms with E-state index in [4.69, 9.17) is 9.84 Å². The Kier molecular flexibility index (Phi) is 8.81. The van der Waals surface area contributed by atoms with Crippen molar-refractivity contribution in [1.29, 1.82) is 0 Å². The van der Waals surface area contributed by atoms with Gasteiger partial charge in [-0.25, -0.2) is 0 Å². The molecule has 1 saturated heterocycles. The Morgan fingerprint density at radius 2 is 1.64 bits per heavy atom. The van der Waals surface area contributed by atoms with Crippen molar-refractivity contribution in [2.45, 2.75) is 64.8 Å². The number of unbranched alkanes of at least 4 members (excludes halogenated alkanes) is 7. The molecule has 1 fully saturated rings. The second-order valence-electron chi connectivity index (χ2n) is 7.20. The predicted molar refractivity (Wildman–Crippen MR) is 101 cm³/mol. The van der Waals surface area contributed by atoms with Gasteiger partial charge >= 0.3 is 5.97 Å². The van der Waals surface area contributed by atoms with Gasteiger partial charge < -0.3 is 9.84 Å². The lowest BCUT2D eigenvalue weighted by Crippen LogP contribution is -2.49. The number of hydrogen-bond donors (Lipinski definition) is 1. The number of hydrogen-bond acceptors (Lipinski definition) is 3. The molecule has 1 aromatic carbocycles. The smallest absolute Gasteiger partial charge is 0.309 e. The molecule has 0 aliphatic carbocycles. The van der Waals surface area contributed by atoms with Gasteiger partial charge in [0.05, 0.1) is 12.5 Å². The zero-order valence-electron chi connectivity index (χ0n) is 15.6. The van der Waals surface area contributed by atoms with Crippen LogP contribution in [0, 0.1) is 5.92 Å². The summed E-state index contributed by atoms with van der Waals surface area (Å²) in [6.07, 6.45) is 10.5. The Morgan fingerprint density at radius 3 is 2.24 bits per heavy atom. The van der Waals surface area contributed by atoms with Crippen LogP contribution in [0.3, 0.4) is 0 Å². The first-order valence-corrected chi connectivity index (χ1v) is 9.86. The van der Waals surface area contributed by atoms with Gasteiger partial charge in [0.2, 0.25) is 0 Å². The van der Waals surface area contributed by atoms with Crippen LogP contribution in [0.25, 0.3) is 0 Å². The van der Waals surface area contributed by atoms with Gasteiger partial charge in [-0.1, -0.05) is 64.0 Å². The number of benzene rings is 1. The molecule has 0 radical (unpaired) electrons. The SMILES string of the molecule is CCCCCCCCCCOc1ccc(CN2CC(C(=O)O)C2)cc1. The van der Waals surface area contributed by atoms with E-state index in [1.54, 1.807) is 0 Å². The Morgan fingerprint density at radius 1 is 1.04 bits per heavy atom. The number of carboxylic acids is 1. The van der Waals surface area contributed by atoms with Gasteiger partial charge in [0.15, 0.2) is 0 Å². The van der Waals surface area contributed by atoms with E-state index in [9.17, 15) is 4.79 Å². The van der Waals surface area contributed by atoms with Crippen molar-refractivity contribution in [1.82, 2.24) is 4.90 Å². The van der Waals surface area contributed by atoms with Crippen molar-refractivity contribution in [2.75, 3.05) is 19.7 Å². The number of rotatable bonds is 13. The molecule has 0 atom stereocenters. The van der Waals surface area contributed by atoms with E-state index in [1.165, 1.54) is 50.5 Å². The van der Waals surface area contributed by atoms with Gasteiger partial charge in [-0.15, -0.1) is 0 Å². The van der Waals surface area contributed by atoms with E-state index < -0.39 is 5.97 Å². The summed E-state index contributed by atoms with van der Waals surface area (Å²) < 4.78 is 5.81. The monoisotopic (exact) mass is 347 g/mol. The summed E-state index contributed by atoms with van der Waals surface area (Å²) in [4.78, 5) is 13.0. The Labute approximate surface area is 152 Å². The lowest BCUT2D eigenvalue weighted by atomic mass is 10.00. The van der Waals surface area contributed by atoms with Crippen LogP contribution in [-0.4, -0.2) is 35.7 Å². The maximum atomic E-state index is 10.8. The fourth-order valence-electron chi connectivity index (χ4n) is 3.23. The van der Waals surface area contributed by atoms with Crippen LogP contribution < -0.4 is 4.74 Å². The van der Waals surface area contributed by atoms with E-state index in [0.717, 1.165) is 25.3 Å². The molecule has 0 amide bonds. The third-order valence-electron chi connectivity index (χ3n) is 4.90. The average molecular weight is 347 g/mol. The molecule has 0 spiro atoms. The van der Waals surface area contributed by atoms with Gasteiger partial charge in [-0.3, -0.25) is 9.69 Å². The number of nitrogens with zero attached hydrogens (tertiary/aromatic N) is 1. The molecule has 1 aliphatic rings. The summed E-state index contributed by atoms with van der Waals surface area (Å²) in [6.45, 7) is 5.19. The Balaban J connectivity index is 1.51. The predicted octanol–water partition coefficient (Wildman–Crippen LogP) is 4.72. The first-order chi connectivity index (χ1) is 12.2. The molecule has 0 aromatic heterocycles. The lowest BCUT2D eigenvalue weighted by molar-refractivity contribution is -0.147. The molecule has 1 aromatic rings. The van der Waals surface area contributed by atoms with Crippen molar-refractivity contribution in [3.8, 4) is 5.75 Å². The zero-order valence-corrected chi connectivity index (χ0v) is 15.6. The topological polar surface area (TPSA) is 49.8 Å². The molecule has 0 unspecified atom stereocenters. The molecule has 2 rings (SSSR count). The normalized spacial score (nSPS) is 15.1. The number of carbonyl (C=O) groups is 1. The maximum absolute atomic E-state index is 10.8. The average Bonchev–Trinajstić information content (AvgIpc) is 2.57. The third kappa shape index (κ3) is 7.47. The van der Waals surface area contributed by atoms with Crippen molar-refractivity contribution in [3.05, 3.63) is 29.8 Å². The minimum absolute atomic E-state index is 0.186. The van der Waals surface area contributed by atoms with Crippen LogP contribution in [0.15, 0.2) is 24.3 Å². The quantitative estimate of drug-likeness (QED) is 0.524. The van der Waals surface area contributed by atoms with Gasteiger partial charge in [0.25, 0.3) is 0 Å².